The number of piperidine rings is 1. The Morgan fingerprint density at radius 2 is 2.00 bits per heavy atom. The van der Waals surface area contributed by atoms with E-state index in [4.69, 9.17) is 4.74 Å². The number of ether oxygens (including phenoxy) is 1. The number of hydrogen-bond donors (Lipinski definition) is 2. The molecule has 0 radical (unpaired) electrons. The van der Waals surface area contributed by atoms with Crippen molar-refractivity contribution in [3.05, 3.63) is 77.2 Å². The van der Waals surface area contributed by atoms with E-state index in [0.29, 0.717) is 13.0 Å². The summed E-state index contributed by atoms with van der Waals surface area (Å²) in [7, 11) is -1.66. The Morgan fingerprint density at radius 3 is 2.65 bits per heavy atom. The normalized spacial score (nSPS) is 18.8. The summed E-state index contributed by atoms with van der Waals surface area (Å²) in [4.78, 5) is 17.3. The summed E-state index contributed by atoms with van der Waals surface area (Å²) in [5.74, 6) is -0.134. The van der Waals surface area contributed by atoms with Crippen molar-refractivity contribution in [2.45, 2.75) is 43.3 Å². The second-order valence-electron chi connectivity index (χ2n) is 9.66. The Morgan fingerprint density at radius 1 is 1.24 bits per heavy atom. The van der Waals surface area contributed by atoms with Crippen LogP contribution in [0.15, 0.2) is 59.9 Å². The third-order valence-electron chi connectivity index (χ3n) is 7.30. The number of fused-ring (bicyclic) bond motifs is 1. The maximum Gasteiger partial charge on any atom is 0.335 e. The van der Waals surface area contributed by atoms with Crippen molar-refractivity contribution >= 4 is 26.7 Å². The van der Waals surface area contributed by atoms with Gasteiger partial charge in [-0.05, 0) is 55.2 Å². The maximum atomic E-state index is 12.0. The zero-order valence-electron chi connectivity index (χ0n) is 21.0. The van der Waals surface area contributed by atoms with Crippen LogP contribution in [0.3, 0.4) is 0 Å². The minimum Gasteiger partial charge on any atom is -0.496 e. The van der Waals surface area contributed by atoms with Crippen LogP contribution in [-0.4, -0.2) is 59.1 Å². The molecule has 1 aliphatic heterocycles. The highest BCUT2D eigenvalue weighted by Crippen LogP contribution is 2.40. The van der Waals surface area contributed by atoms with Crippen LogP contribution >= 0.6 is 0 Å². The van der Waals surface area contributed by atoms with Crippen molar-refractivity contribution in [3.63, 3.8) is 0 Å². The summed E-state index contributed by atoms with van der Waals surface area (Å²) >= 11 is 0. The summed E-state index contributed by atoms with van der Waals surface area (Å²) in [6.45, 7) is 3.44. The summed E-state index contributed by atoms with van der Waals surface area (Å²) in [6.07, 6.45) is 7.61. The van der Waals surface area contributed by atoms with Crippen molar-refractivity contribution in [1.82, 2.24) is 19.7 Å². The number of likely N-dealkylation sites (tertiary alicyclic amines) is 1. The van der Waals surface area contributed by atoms with Crippen molar-refractivity contribution in [3.8, 4) is 5.75 Å². The van der Waals surface area contributed by atoms with Gasteiger partial charge in [0, 0.05) is 54.2 Å². The van der Waals surface area contributed by atoms with E-state index in [1.807, 2.05) is 24.4 Å². The number of carbonyl (C=O) groups is 1. The average molecular weight is 523 g/mol. The van der Waals surface area contributed by atoms with E-state index < -0.39 is 15.8 Å². The van der Waals surface area contributed by atoms with Crippen LogP contribution in [0.4, 0.5) is 0 Å². The minimum absolute atomic E-state index is 0.00286. The van der Waals surface area contributed by atoms with Crippen LogP contribution in [0.1, 0.15) is 52.0 Å². The number of H-pyrrole nitrogens is 1. The number of methoxy groups -OCH3 is 1. The van der Waals surface area contributed by atoms with Gasteiger partial charge in [0.15, 0.2) is 9.84 Å². The van der Waals surface area contributed by atoms with Crippen LogP contribution in [0.25, 0.3) is 10.9 Å². The lowest BCUT2D eigenvalue weighted by Crippen LogP contribution is -2.37. The van der Waals surface area contributed by atoms with Gasteiger partial charge < -0.3 is 14.8 Å². The van der Waals surface area contributed by atoms with E-state index in [-0.39, 0.29) is 22.5 Å². The Labute approximate surface area is 215 Å². The second-order valence-corrected chi connectivity index (χ2v) is 11.7. The first-order valence-electron chi connectivity index (χ1n) is 12.1. The van der Waals surface area contributed by atoms with Gasteiger partial charge >= 0.3 is 5.97 Å². The van der Waals surface area contributed by atoms with Gasteiger partial charge in [0.2, 0.25) is 0 Å². The fourth-order valence-electron chi connectivity index (χ4n) is 5.32. The molecule has 0 spiro atoms. The average Bonchev–Trinajstić information content (AvgIpc) is 3.56. The van der Waals surface area contributed by atoms with E-state index in [9.17, 15) is 18.3 Å². The van der Waals surface area contributed by atoms with Crippen molar-refractivity contribution in [1.29, 1.82) is 0 Å². The van der Waals surface area contributed by atoms with Crippen LogP contribution in [0, 0.1) is 6.92 Å². The van der Waals surface area contributed by atoms with Crippen molar-refractivity contribution in [2.24, 2.45) is 0 Å². The molecule has 9 nitrogen and oxygen atoms in total. The van der Waals surface area contributed by atoms with Crippen LogP contribution in [0.5, 0.6) is 5.75 Å². The molecule has 2 aromatic carbocycles. The lowest BCUT2D eigenvalue weighted by molar-refractivity contribution is 0.0696. The second kappa shape index (κ2) is 9.68. The van der Waals surface area contributed by atoms with Gasteiger partial charge in [-0.1, -0.05) is 12.1 Å². The molecular weight excluding hydrogens is 492 g/mol. The van der Waals surface area contributed by atoms with Crippen molar-refractivity contribution < 1.29 is 23.1 Å². The number of nitrogens with zero attached hydrogens (tertiary/aromatic N) is 3. The first kappa shape index (κ1) is 25.0. The SMILES string of the molecule is COc1cc(C)c2[nH]ccc2c1CN1CC[C@H](n2cc(S(C)(=O)=O)cn2)CC1c1ccc(C(=O)O)cc1. The fourth-order valence-corrected chi connectivity index (χ4v) is 5.85. The summed E-state index contributed by atoms with van der Waals surface area (Å²) in [5.41, 5.74) is 4.52. The lowest BCUT2D eigenvalue weighted by Gasteiger charge is -2.40. The van der Waals surface area contributed by atoms with Crippen LogP contribution in [-0.2, 0) is 16.4 Å². The molecule has 2 N–H and O–H groups in total. The molecule has 3 heterocycles. The number of aromatic nitrogens is 3. The number of aromatic carboxylic acids is 1. The first-order chi connectivity index (χ1) is 17.7. The molecule has 0 aliphatic carbocycles. The number of hydrogen-bond acceptors (Lipinski definition) is 6. The Bertz CT molecular complexity index is 1560. The van der Waals surface area contributed by atoms with E-state index in [0.717, 1.165) is 46.3 Å². The fraction of sp³-hybridized carbons (Fsp3) is 0.333. The summed E-state index contributed by atoms with van der Waals surface area (Å²) in [6, 6.07) is 11.1. The molecule has 1 saturated heterocycles. The number of rotatable bonds is 7. The summed E-state index contributed by atoms with van der Waals surface area (Å²) in [5, 5.41) is 14.8. The van der Waals surface area contributed by atoms with Gasteiger partial charge in [-0.3, -0.25) is 9.58 Å². The highest BCUT2D eigenvalue weighted by atomic mass is 32.2. The molecule has 1 unspecified atom stereocenters. The predicted octanol–water partition coefficient (Wildman–Crippen LogP) is 4.36. The number of carboxylic acid groups (broad SMARTS) is 1. The standard InChI is InChI=1S/C27H30N4O5S/c1-17-12-25(36-2)23(22-8-10-28-26(17)22)16-30-11-9-20(31-15-21(14-29-31)37(3,34)35)13-24(30)18-4-6-19(7-5-18)27(32)33/h4-8,10,12,14-15,20,24,28H,9,11,13,16H2,1-3H3,(H,32,33)/t20-,24?/m0/s1. The van der Waals surface area contributed by atoms with E-state index in [2.05, 4.69) is 28.0 Å². The number of sulfone groups is 1. The van der Waals surface area contributed by atoms with Gasteiger partial charge in [0.1, 0.15) is 10.6 Å². The molecule has 0 amide bonds. The highest BCUT2D eigenvalue weighted by molar-refractivity contribution is 7.90. The molecule has 194 valence electrons. The van der Waals surface area contributed by atoms with E-state index in [1.165, 1.54) is 12.5 Å². The zero-order valence-corrected chi connectivity index (χ0v) is 21.8. The van der Waals surface area contributed by atoms with Gasteiger partial charge in [-0.25, -0.2) is 13.2 Å². The lowest BCUT2D eigenvalue weighted by atomic mass is 9.90. The number of aromatic amines is 1. The minimum atomic E-state index is -3.34. The number of carboxylic acids is 1. The van der Waals surface area contributed by atoms with Gasteiger partial charge in [0.05, 0.1) is 24.9 Å². The highest BCUT2D eigenvalue weighted by Gasteiger charge is 2.32. The number of nitrogens with one attached hydrogen (secondary N) is 1. The number of benzene rings is 2. The molecule has 1 fully saturated rings. The predicted molar refractivity (Wildman–Crippen MR) is 140 cm³/mol. The third kappa shape index (κ3) is 4.86. The van der Waals surface area contributed by atoms with Crippen LogP contribution < -0.4 is 4.74 Å². The summed E-state index contributed by atoms with van der Waals surface area (Å²) < 4.78 is 31.5. The topological polar surface area (TPSA) is 118 Å². The van der Waals surface area contributed by atoms with Gasteiger partial charge in [0.25, 0.3) is 0 Å². The molecule has 5 rings (SSSR count). The van der Waals surface area contributed by atoms with E-state index >= 15 is 0 Å². The molecule has 2 atom stereocenters. The smallest absolute Gasteiger partial charge is 0.335 e. The monoisotopic (exact) mass is 522 g/mol. The molecule has 0 saturated carbocycles. The quantitative estimate of drug-likeness (QED) is 0.370. The Balaban J connectivity index is 1.51. The molecular formula is C27H30N4O5S. The molecule has 37 heavy (non-hydrogen) atoms. The Hall–Kier alpha value is -3.63. The molecule has 0 bridgehead atoms. The largest absolute Gasteiger partial charge is 0.496 e. The Kier molecular flexibility index (Phi) is 6.55. The van der Waals surface area contributed by atoms with Crippen LogP contribution in [0.2, 0.25) is 0 Å². The van der Waals surface area contributed by atoms with Crippen molar-refractivity contribution in [2.75, 3.05) is 19.9 Å². The van der Waals surface area contributed by atoms with E-state index in [1.54, 1.807) is 30.1 Å². The molecule has 4 aromatic rings. The van der Waals surface area contributed by atoms with Gasteiger partial charge in [-0.2, -0.15) is 5.10 Å². The third-order valence-corrected chi connectivity index (χ3v) is 8.37. The maximum absolute atomic E-state index is 12.0. The molecule has 10 heteroatoms. The molecule has 1 aliphatic rings. The zero-order chi connectivity index (χ0) is 26.3. The first-order valence-corrected chi connectivity index (χ1v) is 14.0. The van der Waals surface area contributed by atoms with Gasteiger partial charge in [-0.15, -0.1) is 0 Å². The molecule has 2 aromatic heterocycles. The number of aryl methyl sites for hydroxylation is 1.